The van der Waals surface area contributed by atoms with Crippen molar-refractivity contribution in [3.63, 3.8) is 0 Å². The third kappa shape index (κ3) is 6.86. The molecule has 1 aromatic rings. The average molecular weight is 379 g/mol. The summed E-state index contributed by atoms with van der Waals surface area (Å²) in [4.78, 5) is 25.0. The van der Waals surface area contributed by atoms with Crippen LogP contribution in [0.25, 0.3) is 0 Å². The topological polar surface area (TPSA) is 73.9 Å². The van der Waals surface area contributed by atoms with Crippen LogP contribution in [0, 0.1) is 5.92 Å². The summed E-state index contributed by atoms with van der Waals surface area (Å²) in [5.41, 5.74) is -0.157. The molecule has 1 amide bonds. The number of rotatable bonds is 11. The molecule has 1 N–H and O–H groups in total. The number of carbonyl (C=O) groups is 2. The van der Waals surface area contributed by atoms with Crippen LogP contribution in [-0.2, 0) is 14.3 Å². The molecule has 0 saturated heterocycles. The molecule has 27 heavy (non-hydrogen) atoms. The zero-order valence-electron chi connectivity index (χ0n) is 17.4. The molecule has 0 aliphatic heterocycles. The Bertz CT molecular complexity index is 629. The van der Waals surface area contributed by atoms with Crippen LogP contribution in [0.1, 0.15) is 64.2 Å². The van der Waals surface area contributed by atoms with Crippen LogP contribution in [0.15, 0.2) is 18.2 Å². The van der Waals surface area contributed by atoms with Gasteiger partial charge in [0, 0.05) is 12.3 Å². The maximum absolute atomic E-state index is 12.9. The Labute approximate surface area is 162 Å². The van der Waals surface area contributed by atoms with Crippen molar-refractivity contribution >= 4 is 17.6 Å². The van der Waals surface area contributed by atoms with Crippen molar-refractivity contribution in [3.05, 3.63) is 23.8 Å². The van der Waals surface area contributed by atoms with Crippen molar-refractivity contribution in [3.8, 4) is 5.75 Å². The third-order valence-corrected chi connectivity index (χ3v) is 4.01. The van der Waals surface area contributed by atoms with E-state index in [0.717, 1.165) is 12.8 Å². The fraction of sp³-hybridized carbons (Fsp3) is 0.619. The average Bonchev–Trinajstić information content (AvgIpc) is 2.63. The van der Waals surface area contributed by atoms with E-state index >= 15 is 0 Å². The molecule has 1 rings (SSSR count). The van der Waals surface area contributed by atoms with Crippen molar-refractivity contribution in [1.29, 1.82) is 0 Å². The summed E-state index contributed by atoms with van der Waals surface area (Å²) < 4.78 is 16.3. The van der Waals surface area contributed by atoms with Gasteiger partial charge in [-0.25, -0.2) is 4.79 Å². The van der Waals surface area contributed by atoms with Crippen LogP contribution in [0.4, 0.5) is 5.69 Å². The number of amides is 1. The summed E-state index contributed by atoms with van der Waals surface area (Å²) in [5.74, 6) is -0.00556. The standard InChI is InChI=1S/C21H33NO5/c1-7-11-26-18-10-9-16(13-17(18)19(23)25-6)22-20(24)21(5,14-15(3)4)27-12-8-2/h9-10,13,15H,7-8,11-12,14H2,1-6H3,(H,22,24). The van der Waals surface area contributed by atoms with E-state index in [4.69, 9.17) is 14.2 Å². The van der Waals surface area contributed by atoms with E-state index in [2.05, 4.69) is 19.2 Å². The van der Waals surface area contributed by atoms with Gasteiger partial charge in [-0.3, -0.25) is 4.79 Å². The van der Waals surface area contributed by atoms with E-state index in [0.29, 0.717) is 37.0 Å². The van der Waals surface area contributed by atoms with Crippen molar-refractivity contribution in [2.75, 3.05) is 25.6 Å². The van der Waals surface area contributed by atoms with Crippen molar-refractivity contribution in [1.82, 2.24) is 0 Å². The predicted molar refractivity (Wildman–Crippen MR) is 106 cm³/mol. The number of esters is 1. The second-order valence-corrected chi connectivity index (χ2v) is 7.18. The predicted octanol–water partition coefficient (Wildman–Crippen LogP) is 4.43. The van der Waals surface area contributed by atoms with E-state index in [-0.39, 0.29) is 11.5 Å². The van der Waals surface area contributed by atoms with Gasteiger partial charge in [0.2, 0.25) is 0 Å². The summed E-state index contributed by atoms with van der Waals surface area (Å²) >= 11 is 0. The molecule has 0 heterocycles. The fourth-order valence-corrected chi connectivity index (χ4v) is 2.80. The fourth-order valence-electron chi connectivity index (χ4n) is 2.80. The second-order valence-electron chi connectivity index (χ2n) is 7.18. The molecule has 0 bridgehead atoms. The SMILES string of the molecule is CCCOc1ccc(NC(=O)C(C)(CC(C)C)OCCC)cc1C(=O)OC. The molecule has 6 nitrogen and oxygen atoms in total. The maximum atomic E-state index is 12.9. The molecule has 1 atom stereocenters. The number of ether oxygens (including phenoxy) is 3. The van der Waals surface area contributed by atoms with E-state index < -0.39 is 11.6 Å². The van der Waals surface area contributed by atoms with Gasteiger partial charge in [-0.1, -0.05) is 27.7 Å². The first-order chi connectivity index (χ1) is 12.8. The molecule has 0 aromatic heterocycles. The molecule has 1 aromatic carbocycles. The van der Waals surface area contributed by atoms with Crippen LogP contribution in [0.5, 0.6) is 5.75 Å². The van der Waals surface area contributed by atoms with Gasteiger partial charge in [0.1, 0.15) is 16.9 Å². The quantitative estimate of drug-likeness (QED) is 0.576. The first-order valence-corrected chi connectivity index (χ1v) is 9.57. The highest BCUT2D eigenvalue weighted by Gasteiger charge is 2.35. The number of nitrogens with one attached hydrogen (secondary N) is 1. The van der Waals surface area contributed by atoms with Gasteiger partial charge in [-0.2, -0.15) is 0 Å². The smallest absolute Gasteiger partial charge is 0.341 e. The normalized spacial score (nSPS) is 13.1. The van der Waals surface area contributed by atoms with Gasteiger partial charge < -0.3 is 19.5 Å². The number of hydrogen-bond donors (Lipinski definition) is 1. The monoisotopic (exact) mass is 379 g/mol. The number of methoxy groups -OCH3 is 1. The first-order valence-electron chi connectivity index (χ1n) is 9.57. The largest absolute Gasteiger partial charge is 0.493 e. The van der Waals surface area contributed by atoms with E-state index in [1.807, 2.05) is 13.8 Å². The first kappa shape index (κ1) is 23.0. The molecule has 0 radical (unpaired) electrons. The second kappa shape index (κ2) is 10.9. The van der Waals surface area contributed by atoms with Crippen LogP contribution >= 0.6 is 0 Å². The minimum Gasteiger partial charge on any atom is -0.493 e. The third-order valence-electron chi connectivity index (χ3n) is 4.01. The van der Waals surface area contributed by atoms with Crippen molar-refractivity contribution in [2.24, 2.45) is 5.92 Å². The zero-order valence-corrected chi connectivity index (χ0v) is 17.4. The number of anilines is 1. The number of benzene rings is 1. The lowest BCUT2D eigenvalue weighted by atomic mass is 9.93. The molecule has 152 valence electrons. The molecule has 0 aliphatic carbocycles. The molecular weight excluding hydrogens is 346 g/mol. The Morgan fingerprint density at radius 1 is 1.15 bits per heavy atom. The van der Waals surface area contributed by atoms with Gasteiger partial charge in [0.05, 0.1) is 13.7 Å². The van der Waals surface area contributed by atoms with E-state index in [1.54, 1.807) is 25.1 Å². The maximum Gasteiger partial charge on any atom is 0.341 e. The van der Waals surface area contributed by atoms with Gasteiger partial charge >= 0.3 is 5.97 Å². The van der Waals surface area contributed by atoms with Crippen LogP contribution < -0.4 is 10.1 Å². The Morgan fingerprint density at radius 3 is 2.37 bits per heavy atom. The molecule has 0 spiro atoms. The summed E-state index contributed by atoms with van der Waals surface area (Å²) in [6.07, 6.45) is 2.25. The highest BCUT2D eigenvalue weighted by molar-refractivity contribution is 5.99. The molecule has 6 heteroatoms. The van der Waals surface area contributed by atoms with Gasteiger partial charge in [0.25, 0.3) is 5.91 Å². The summed E-state index contributed by atoms with van der Waals surface area (Å²) in [6, 6.07) is 4.96. The van der Waals surface area contributed by atoms with E-state index in [9.17, 15) is 9.59 Å². The van der Waals surface area contributed by atoms with Crippen LogP contribution in [0.2, 0.25) is 0 Å². The minimum absolute atomic E-state index is 0.234. The summed E-state index contributed by atoms with van der Waals surface area (Å²) in [7, 11) is 1.31. The lowest BCUT2D eigenvalue weighted by Gasteiger charge is -2.30. The van der Waals surface area contributed by atoms with Gasteiger partial charge in [0.15, 0.2) is 0 Å². The number of hydrogen-bond acceptors (Lipinski definition) is 5. The number of carbonyl (C=O) groups excluding carboxylic acids is 2. The van der Waals surface area contributed by atoms with Crippen molar-refractivity contribution in [2.45, 2.75) is 59.5 Å². The Morgan fingerprint density at radius 2 is 1.81 bits per heavy atom. The van der Waals surface area contributed by atoms with Crippen molar-refractivity contribution < 1.29 is 23.8 Å². The lowest BCUT2D eigenvalue weighted by molar-refractivity contribution is -0.141. The van der Waals surface area contributed by atoms with Crippen LogP contribution in [0.3, 0.4) is 0 Å². The molecule has 0 aliphatic rings. The van der Waals surface area contributed by atoms with E-state index in [1.165, 1.54) is 7.11 Å². The van der Waals surface area contributed by atoms with Crippen LogP contribution in [-0.4, -0.2) is 37.8 Å². The zero-order chi connectivity index (χ0) is 20.4. The Hall–Kier alpha value is -2.08. The molecule has 0 fully saturated rings. The molecular formula is C21H33NO5. The molecule has 0 saturated carbocycles. The highest BCUT2D eigenvalue weighted by atomic mass is 16.5. The lowest BCUT2D eigenvalue weighted by Crippen LogP contribution is -2.44. The summed E-state index contributed by atoms with van der Waals surface area (Å²) in [6.45, 7) is 10.9. The summed E-state index contributed by atoms with van der Waals surface area (Å²) in [5, 5.41) is 2.87. The molecule has 1 unspecified atom stereocenters. The highest BCUT2D eigenvalue weighted by Crippen LogP contribution is 2.27. The van der Waals surface area contributed by atoms with Gasteiger partial charge in [-0.15, -0.1) is 0 Å². The Kier molecular flexibility index (Phi) is 9.29. The van der Waals surface area contributed by atoms with Gasteiger partial charge in [-0.05, 0) is 50.3 Å². The minimum atomic E-state index is -0.938. The Balaban J connectivity index is 3.06.